The zero-order valence-corrected chi connectivity index (χ0v) is 13.8. The molecule has 20 heavy (non-hydrogen) atoms. The first-order valence-electron chi connectivity index (χ1n) is 7.15. The lowest BCUT2D eigenvalue weighted by Gasteiger charge is -2.34. The van der Waals surface area contributed by atoms with E-state index in [1.807, 2.05) is 0 Å². The Bertz CT molecular complexity index is 436. The van der Waals surface area contributed by atoms with Crippen LogP contribution in [0.2, 0.25) is 0 Å². The predicted octanol–water partition coefficient (Wildman–Crippen LogP) is 2.61. The van der Waals surface area contributed by atoms with Gasteiger partial charge in [0.1, 0.15) is 0 Å². The molecular formula is C15H27NO3S. The van der Waals surface area contributed by atoms with Crippen LogP contribution in [0.1, 0.15) is 33.3 Å². The highest BCUT2D eigenvalue weighted by atomic mass is 32.2. The molecule has 0 unspecified atom stereocenters. The molecule has 5 heteroatoms. The lowest BCUT2D eigenvalue weighted by atomic mass is 10.2. The lowest BCUT2D eigenvalue weighted by Crippen LogP contribution is -2.47. The van der Waals surface area contributed by atoms with Crippen molar-refractivity contribution in [2.24, 2.45) is 0 Å². The fraction of sp³-hybridized carbons (Fsp3) is 0.600. The van der Waals surface area contributed by atoms with Gasteiger partial charge in [0, 0.05) is 0 Å². The summed E-state index contributed by atoms with van der Waals surface area (Å²) in [5.41, 5.74) is 0.530. The van der Waals surface area contributed by atoms with Gasteiger partial charge in [-0.1, -0.05) is 30.3 Å². The SMILES string of the molecule is CC[N+](CC)(CC)CC.O=S(=O)([O-])Cc1ccccc1. The summed E-state index contributed by atoms with van der Waals surface area (Å²) in [6.07, 6.45) is 0. The summed E-state index contributed by atoms with van der Waals surface area (Å²) >= 11 is 0. The van der Waals surface area contributed by atoms with Crippen LogP contribution in [-0.2, 0) is 15.9 Å². The van der Waals surface area contributed by atoms with Crippen molar-refractivity contribution in [2.45, 2.75) is 33.4 Å². The first kappa shape index (κ1) is 19.1. The lowest BCUT2D eigenvalue weighted by molar-refractivity contribution is -0.921. The molecule has 1 rings (SSSR count). The molecule has 4 nitrogen and oxygen atoms in total. The predicted molar refractivity (Wildman–Crippen MR) is 82.3 cm³/mol. The van der Waals surface area contributed by atoms with Gasteiger partial charge in [0.2, 0.25) is 0 Å². The van der Waals surface area contributed by atoms with E-state index >= 15 is 0 Å². The van der Waals surface area contributed by atoms with E-state index in [1.54, 1.807) is 30.3 Å². The molecular weight excluding hydrogens is 274 g/mol. The summed E-state index contributed by atoms with van der Waals surface area (Å²) < 4.78 is 32.0. The van der Waals surface area contributed by atoms with Crippen LogP contribution < -0.4 is 0 Å². The van der Waals surface area contributed by atoms with E-state index in [2.05, 4.69) is 27.7 Å². The second-order valence-electron chi connectivity index (χ2n) is 4.79. The van der Waals surface area contributed by atoms with Gasteiger partial charge < -0.3 is 9.04 Å². The number of quaternary nitrogens is 1. The van der Waals surface area contributed by atoms with Gasteiger partial charge in [-0.05, 0) is 33.3 Å². The van der Waals surface area contributed by atoms with Crippen LogP contribution in [0.4, 0.5) is 0 Å². The molecule has 0 aliphatic carbocycles. The van der Waals surface area contributed by atoms with E-state index in [0.717, 1.165) is 0 Å². The van der Waals surface area contributed by atoms with Crippen LogP contribution in [-0.4, -0.2) is 43.6 Å². The molecule has 1 aromatic rings. The van der Waals surface area contributed by atoms with Crippen molar-refractivity contribution in [3.05, 3.63) is 35.9 Å². The molecule has 0 heterocycles. The molecule has 0 aliphatic rings. The van der Waals surface area contributed by atoms with Crippen LogP contribution in [0.15, 0.2) is 30.3 Å². The third-order valence-corrected chi connectivity index (χ3v) is 4.56. The van der Waals surface area contributed by atoms with E-state index in [9.17, 15) is 13.0 Å². The topological polar surface area (TPSA) is 57.2 Å². The van der Waals surface area contributed by atoms with Crippen molar-refractivity contribution in [3.8, 4) is 0 Å². The van der Waals surface area contributed by atoms with E-state index in [4.69, 9.17) is 0 Å². The van der Waals surface area contributed by atoms with Crippen LogP contribution in [0.3, 0.4) is 0 Å². The first-order chi connectivity index (χ1) is 9.32. The van der Waals surface area contributed by atoms with Crippen molar-refractivity contribution < 1.29 is 17.5 Å². The number of hydrogen-bond acceptors (Lipinski definition) is 3. The van der Waals surface area contributed by atoms with E-state index in [1.165, 1.54) is 30.7 Å². The zero-order chi connectivity index (χ0) is 15.6. The second kappa shape index (κ2) is 9.10. The summed E-state index contributed by atoms with van der Waals surface area (Å²) in [5.74, 6) is -0.423. The van der Waals surface area contributed by atoms with E-state index in [-0.39, 0.29) is 0 Å². The van der Waals surface area contributed by atoms with Crippen molar-refractivity contribution in [1.82, 2.24) is 0 Å². The van der Waals surface area contributed by atoms with Crippen molar-refractivity contribution >= 4 is 10.1 Å². The van der Waals surface area contributed by atoms with Crippen LogP contribution >= 0.6 is 0 Å². The minimum absolute atomic E-state index is 0.423. The van der Waals surface area contributed by atoms with Crippen molar-refractivity contribution in [3.63, 3.8) is 0 Å². The monoisotopic (exact) mass is 301 g/mol. The maximum Gasteiger partial charge on any atom is 0.0988 e. The smallest absolute Gasteiger partial charge is 0.0988 e. The van der Waals surface area contributed by atoms with Crippen LogP contribution in [0.5, 0.6) is 0 Å². The number of benzene rings is 1. The highest BCUT2D eigenvalue weighted by molar-refractivity contribution is 7.84. The summed E-state index contributed by atoms with van der Waals surface area (Å²) in [6.45, 7) is 14.2. The number of rotatable bonds is 6. The standard InChI is InChI=1S/C8H20N.C7H8O3S/c1-5-9(6-2,7-3)8-4;8-11(9,10)6-7-4-2-1-3-5-7/h5-8H2,1-4H3;1-5H,6H2,(H,8,9,10)/q+1;/p-1. The van der Waals surface area contributed by atoms with E-state index < -0.39 is 15.9 Å². The molecule has 0 fully saturated rings. The van der Waals surface area contributed by atoms with Gasteiger partial charge in [-0.25, -0.2) is 8.42 Å². The Balaban J connectivity index is 0.000000370. The fourth-order valence-electron chi connectivity index (χ4n) is 2.12. The van der Waals surface area contributed by atoms with Gasteiger partial charge in [-0.2, -0.15) is 0 Å². The van der Waals surface area contributed by atoms with Gasteiger partial charge >= 0.3 is 0 Å². The minimum Gasteiger partial charge on any atom is -0.748 e. The second-order valence-corrected chi connectivity index (χ2v) is 6.20. The maximum atomic E-state index is 10.2. The summed E-state index contributed by atoms with van der Waals surface area (Å²) in [6, 6.07) is 8.37. The first-order valence-corrected chi connectivity index (χ1v) is 8.72. The molecule has 0 radical (unpaired) electrons. The Hall–Kier alpha value is -0.910. The third-order valence-electron chi connectivity index (χ3n) is 3.87. The summed E-state index contributed by atoms with van der Waals surface area (Å²) in [5, 5.41) is 0. The average molecular weight is 301 g/mol. The Morgan fingerprint density at radius 3 is 1.55 bits per heavy atom. The van der Waals surface area contributed by atoms with Crippen LogP contribution in [0, 0.1) is 0 Å². The minimum atomic E-state index is -4.13. The quantitative estimate of drug-likeness (QED) is 0.599. The van der Waals surface area contributed by atoms with E-state index in [0.29, 0.717) is 5.56 Å². The normalized spacial score (nSPS) is 11.7. The van der Waals surface area contributed by atoms with Gasteiger partial charge in [0.25, 0.3) is 0 Å². The highest BCUT2D eigenvalue weighted by Gasteiger charge is 2.16. The molecule has 0 N–H and O–H groups in total. The molecule has 0 spiro atoms. The summed E-state index contributed by atoms with van der Waals surface area (Å²) in [4.78, 5) is 0. The number of nitrogens with zero attached hydrogens (tertiary/aromatic N) is 1. The molecule has 0 saturated carbocycles. The molecule has 1 aromatic carbocycles. The molecule has 0 amide bonds. The Morgan fingerprint density at radius 2 is 1.30 bits per heavy atom. The molecule has 116 valence electrons. The van der Waals surface area contributed by atoms with Crippen molar-refractivity contribution in [1.29, 1.82) is 0 Å². The number of hydrogen-bond donors (Lipinski definition) is 0. The zero-order valence-electron chi connectivity index (χ0n) is 13.0. The highest BCUT2D eigenvalue weighted by Crippen LogP contribution is 2.03. The van der Waals surface area contributed by atoms with Crippen molar-refractivity contribution in [2.75, 3.05) is 26.2 Å². The summed E-state index contributed by atoms with van der Waals surface area (Å²) in [7, 11) is -4.13. The van der Waals surface area contributed by atoms with Gasteiger partial charge in [-0.3, -0.25) is 0 Å². The van der Waals surface area contributed by atoms with Crippen LogP contribution in [0.25, 0.3) is 0 Å². The Labute approximate surface area is 123 Å². The van der Waals surface area contributed by atoms with Gasteiger partial charge in [0.15, 0.2) is 0 Å². The fourth-order valence-corrected chi connectivity index (χ4v) is 2.72. The molecule has 0 atom stereocenters. The molecule has 0 saturated heterocycles. The van der Waals surface area contributed by atoms with Gasteiger partial charge in [-0.15, -0.1) is 0 Å². The Morgan fingerprint density at radius 1 is 0.900 bits per heavy atom. The average Bonchev–Trinajstić information content (AvgIpc) is 2.42. The third kappa shape index (κ3) is 7.62. The van der Waals surface area contributed by atoms with Gasteiger partial charge in [0.05, 0.1) is 42.1 Å². The maximum absolute atomic E-state index is 10.2. The Kier molecular flexibility index (Phi) is 8.69. The molecule has 0 bridgehead atoms. The molecule has 0 aromatic heterocycles. The largest absolute Gasteiger partial charge is 0.748 e. The molecule has 0 aliphatic heterocycles.